The predicted molar refractivity (Wildman–Crippen MR) is 82.2 cm³/mol. The molecule has 0 atom stereocenters. The molecular formula is C15H12F3N3O4. The summed E-state index contributed by atoms with van der Waals surface area (Å²) >= 11 is 0. The van der Waals surface area contributed by atoms with Gasteiger partial charge in [-0.3, -0.25) is 19.7 Å². The SMILES string of the molecule is Cc1ccc(NC(=O)Cn2cc(C(F)(F)F)ccc2=O)c([N+](=O)[O-])c1. The van der Waals surface area contributed by atoms with Crippen LogP contribution in [0.25, 0.3) is 0 Å². The Morgan fingerprint density at radius 3 is 2.56 bits per heavy atom. The minimum atomic E-state index is -4.67. The van der Waals surface area contributed by atoms with Gasteiger partial charge >= 0.3 is 6.18 Å². The third-order valence-corrected chi connectivity index (χ3v) is 3.25. The number of carbonyl (C=O) groups is 1. The van der Waals surface area contributed by atoms with E-state index >= 15 is 0 Å². The number of nitro benzene ring substituents is 1. The van der Waals surface area contributed by atoms with Gasteiger partial charge in [-0.25, -0.2) is 0 Å². The van der Waals surface area contributed by atoms with Crippen LogP contribution >= 0.6 is 0 Å². The molecule has 0 unspecified atom stereocenters. The average molecular weight is 355 g/mol. The molecule has 0 aliphatic carbocycles. The summed E-state index contributed by atoms with van der Waals surface area (Å²) in [7, 11) is 0. The van der Waals surface area contributed by atoms with Crippen LogP contribution in [0.2, 0.25) is 0 Å². The van der Waals surface area contributed by atoms with E-state index in [1.54, 1.807) is 6.92 Å². The molecule has 10 heteroatoms. The van der Waals surface area contributed by atoms with Gasteiger partial charge in [0.1, 0.15) is 12.2 Å². The van der Waals surface area contributed by atoms with E-state index in [1.165, 1.54) is 18.2 Å². The van der Waals surface area contributed by atoms with Gasteiger partial charge < -0.3 is 9.88 Å². The Bertz CT molecular complexity index is 890. The number of hydrogen-bond acceptors (Lipinski definition) is 4. The molecule has 0 radical (unpaired) electrons. The number of nitrogens with zero attached hydrogens (tertiary/aromatic N) is 2. The predicted octanol–water partition coefficient (Wildman–Crippen LogP) is 2.72. The summed E-state index contributed by atoms with van der Waals surface area (Å²) in [5.41, 5.74) is -1.76. The maximum absolute atomic E-state index is 12.7. The van der Waals surface area contributed by atoms with Gasteiger partial charge in [0.2, 0.25) is 5.91 Å². The van der Waals surface area contributed by atoms with Gasteiger partial charge in [-0.05, 0) is 24.6 Å². The second-order valence-corrected chi connectivity index (χ2v) is 5.21. The maximum atomic E-state index is 12.7. The van der Waals surface area contributed by atoms with Crippen molar-refractivity contribution in [1.82, 2.24) is 4.57 Å². The molecule has 25 heavy (non-hydrogen) atoms. The molecule has 132 valence electrons. The molecule has 0 saturated heterocycles. The topological polar surface area (TPSA) is 94.2 Å². The molecular weight excluding hydrogens is 343 g/mol. The number of aryl methyl sites for hydroxylation is 1. The molecule has 2 aromatic rings. The molecule has 0 aliphatic rings. The molecule has 1 aromatic heterocycles. The number of benzene rings is 1. The van der Waals surface area contributed by atoms with Gasteiger partial charge in [-0.2, -0.15) is 13.2 Å². The average Bonchev–Trinajstić information content (AvgIpc) is 2.50. The zero-order chi connectivity index (χ0) is 18.8. The molecule has 2 rings (SSSR count). The summed E-state index contributed by atoms with van der Waals surface area (Å²) in [4.78, 5) is 33.9. The number of hydrogen-bond donors (Lipinski definition) is 1. The van der Waals surface area contributed by atoms with Crippen molar-refractivity contribution in [1.29, 1.82) is 0 Å². The van der Waals surface area contributed by atoms with Gasteiger partial charge in [0.05, 0.1) is 10.5 Å². The van der Waals surface area contributed by atoms with Crippen LogP contribution in [0.3, 0.4) is 0 Å². The lowest BCUT2D eigenvalue weighted by atomic mass is 10.2. The molecule has 1 heterocycles. The summed E-state index contributed by atoms with van der Waals surface area (Å²) in [6.45, 7) is 0.911. The fourth-order valence-corrected chi connectivity index (χ4v) is 2.07. The molecule has 1 amide bonds. The Labute approximate surface area is 138 Å². The second kappa shape index (κ2) is 6.75. The van der Waals surface area contributed by atoms with Crippen LogP contribution in [0, 0.1) is 17.0 Å². The first-order valence-corrected chi connectivity index (χ1v) is 6.90. The van der Waals surface area contributed by atoms with E-state index in [-0.39, 0.29) is 11.4 Å². The highest BCUT2D eigenvalue weighted by molar-refractivity contribution is 5.93. The molecule has 0 spiro atoms. The van der Waals surface area contributed by atoms with Gasteiger partial charge in [-0.1, -0.05) is 6.07 Å². The number of rotatable bonds is 4. The Morgan fingerprint density at radius 1 is 1.28 bits per heavy atom. The third kappa shape index (κ3) is 4.43. The summed E-state index contributed by atoms with van der Waals surface area (Å²) in [5, 5.41) is 13.2. The van der Waals surface area contributed by atoms with Crippen LogP contribution in [0.1, 0.15) is 11.1 Å². The third-order valence-electron chi connectivity index (χ3n) is 3.25. The first-order chi connectivity index (χ1) is 11.6. The number of aromatic nitrogens is 1. The Hall–Kier alpha value is -3.17. The summed E-state index contributed by atoms with van der Waals surface area (Å²) in [5.74, 6) is -0.867. The monoisotopic (exact) mass is 355 g/mol. The van der Waals surface area contributed by atoms with Gasteiger partial charge in [-0.15, -0.1) is 0 Å². The van der Waals surface area contributed by atoms with Crippen molar-refractivity contribution >= 4 is 17.3 Å². The minimum Gasteiger partial charge on any atom is -0.319 e. The number of anilines is 1. The highest BCUT2D eigenvalue weighted by atomic mass is 19.4. The van der Waals surface area contributed by atoms with Gasteiger partial charge in [0.15, 0.2) is 0 Å². The number of alkyl halides is 3. The first kappa shape index (κ1) is 18.2. The summed E-state index contributed by atoms with van der Waals surface area (Å²) in [6, 6.07) is 5.39. The maximum Gasteiger partial charge on any atom is 0.417 e. The molecule has 1 aromatic carbocycles. The van der Waals surface area contributed by atoms with Crippen LogP contribution in [-0.4, -0.2) is 15.4 Å². The Balaban J connectivity index is 2.25. The van der Waals surface area contributed by atoms with Gasteiger partial charge in [0, 0.05) is 18.3 Å². The Morgan fingerprint density at radius 2 is 1.96 bits per heavy atom. The molecule has 1 N–H and O–H groups in total. The van der Waals surface area contributed by atoms with Crippen molar-refractivity contribution < 1.29 is 22.9 Å². The normalized spacial score (nSPS) is 11.2. The number of pyridine rings is 1. The quantitative estimate of drug-likeness (QED) is 0.674. The Kier molecular flexibility index (Phi) is 4.91. The van der Waals surface area contributed by atoms with E-state index in [4.69, 9.17) is 0 Å². The van der Waals surface area contributed by atoms with Gasteiger partial charge in [0.25, 0.3) is 11.2 Å². The lowest BCUT2D eigenvalue weighted by Crippen LogP contribution is -2.28. The smallest absolute Gasteiger partial charge is 0.319 e. The molecule has 7 nitrogen and oxygen atoms in total. The van der Waals surface area contributed by atoms with E-state index in [1.807, 2.05) is 0 Å². The fourth-order valence-electron chi connectivity index (χ4n) is 2.07. The van der Waals surface area contributed by atoms with Crippen molar-refractivity contribution in [2.75, 3.05) is 5.32 Å². The summed E-state index contributed by atoms with van der Waals surface area (Å²) in [6.07, 6.45) is -4.15. The van der Waals surface area contributed by atoms with E-state index in [2.05, 4.69) is 5.32 Å². The number of halogens is 3. The van der Waals surface area contributed by atoms with Crippen molar-refractivity contribution in [2.24, 2.45) is 0 Å². The number of carbonyl (C=O) groups excluding carboxylic acids is 1. The lowest BCUT2D eigenvalue weighted by molar-refractivity contribution is -0.384. The van der Waals surface area contributed by atoms with E-state index in [0.29, 0.717) is 28.5 Å². The van der Waals surface area contributed by atoms with Crippen LogP contribution in [0.5, 0.6) is 0 Å². The standard InChI is InChI=1S/C15H12F3N3O4/c1-9-2-4-11(12(6-9)21(24)25)19-13(22)8-20-7-10(15(16,17)18)3-5-14(20)23/h2-7H,8H2,1H3,(H,19,22). The molecule has 0 fully saturated rings. The van der Waals surface area contributed by atoms with E-state index < -0.39 is 34.7 Å². The summed E-state index contributed by atoms with van der Waals surface area (Å²) < 4.78 is 38.6. The van der Waals surface area contributed by atoms with Crippen LogP contribution in [0.4, 0.5) is 24.5 Å². The van der Waals surface area contributed by atoms with Crippen LogP contribution in [-0.2, 0) is 17.5 Å². The van der Waals surface area contributed by atoms with E-state index in [0.717, 1.165) is 0 Å². The zero-order valence-electron chi connectivity index (χ0n) is 12.8. The van der Waals surface area contributed by atoms with Crippen LogP contribution in [0.15, 0.2) is 41.3 Å². The highest BCUT2D eigenvalue weighted by Crippen LogP contribution is 2.28. The first-order valence-electron chi connectivity index (χ1n) is 6.90. The van der Waals surface area contributed by atoms with Crippen molar-refractivity contribution in [3.63, 3.8) is 0 Å². The number of nitrogens with one attached hydrogen (secondary N) is 1. The van der Waals surface area contributed by atoms with Crippen molar-refractivity contribution in [3.05, 3.63) is 68.1 Å². The van der Waals surface area contributed by atoms with Crippen molar-refractivity contribution in [3.8, 4) is 0 Å². The van der Waals surface area contributed by atoms with Crippen molar-refractivity contribution in [2.45, 2.75) is 19.6 Å². The second-order valence-electron chi connectivity index (χ2n) is 5.21. The molecule has 0 saturated carbocycles. The molecule has 0 bridgehead atoms. The lowest BCUT2D eigenvalue weighted by Gasteiger charge is -2.11. The zero-order valence-corrected chi connectivity index (χ0v) is 12.8. The minimum absolute atomic E-state index is 0.111. The van der Waals surface area contributed by atoms with Crippen LogP contribution < -0.4 is 10.9 Å². The fraction of sp³-hybridized carbons (Fsp3) is 0.200. The molecule has 0 aliphatic heterocycles. The highest BCUT2D eigenvalue weighted by Gasteiger charge is 2.31. The number of nitro groups is 1. The number of amides is 1. The largest absolute Gasteiger partial charge is 0.417 e. The van der Waals surface area contributed by atoms with E-state index in [9.17, 15) is 32.9 Å².